The molecule has 25 heavy (non-hydrogen) atoms. The van der Waals surface area contributed by atoms with Gasteiger partial charge in [-0.15, -0.1) is 0 Å². The molecule has 1 atom stereocenters. The Bertz CT molecular complexity index is 556. The summed E-state index contributed by atoms with van der Waals surface area (Å²) >= 11 is 0. The maximum Gasteiger partial charge on any atom is 0.328 e. The van der Waals surface area contributed by atoms with Crippen LogP contribution in [0.5, 0.6) is 0 Å². The number of benzene rings is 1. The van der Waals surface area contributed by atoms with Crippen LogP contribution in [-0.4, -0.2) is 24.5 Å². The smallest absolute Gasteiger partial charge is 0.328 e. The number of rotatable bonds is 2. The van der Waals surface area contributed by atoms with E-state index in [2.05, 4.69) is 5.32 Å². The summed E-state index contributed by atoms with van der Waals surface area (Å²) in [7, 11) is 0. The number of amides is 1. The molecule has 1 N–H and O–H groups in total. The molecule has 1 aliphatic rings. The van der Waals surface area contributed by atoms with Gasteiger partial charge in [-0.3, -0.25) is 4.79 Å². The summed E-state index contributed by atoms with van der Waals surface area (Å²) in [5.74, 6) is -0.485. The van der Waals surface area contributed by atoms with Crippen molar-refractivity contribution >= 4 is 11.9 Å². The molecule has 0 saturated carbocycles. The minimum atomic E-state index is -0.550. The number of esters is 1. The van der Waals surface area contributed by atoms with Crippen LogP contribution in [0.4, 0.5) is 0 Å². The second-order valence-corrected chi connectivity index (χ2v) is 6.80. The van der Waals surface area contributed by atoms with E-state index >= 15 is 0 Å². The quantitative estimate of drug-likeness (QED) is 0.808. The van der Waals surface area contributed by atoms with Crippen molar-refractivity contribution < 1.29 is 14.3 Å². The van der Waals surface area contributed by atoms with Crippen LogP contribution in [0.1, 0.15) is 80.6 Å². The minimum absolute atomic E-state index is 0.163. The molecule has 138 valence electrons. The topological polar surface area (TPSA) is 55.4 Å². The number of carbonyl (C=O) groups is 2. The van der Waals surface area contributed by atoms with Crippen LogP contribution in [0.3, 0.4) is 0 Å². The van der Waals surface area contributed by atoms with E-state index in [4.69, 9.17) is 4.74 Å². The molecule has 1 heterocycles. The molecule has 4 nitrogen and oxygen atoms in total. The summed E-state index contributed by atoms with van der Waals surface area (Å²) in [6.45, 7) is 2.13. The molecule has 0 bridgehead atoms. The van der Waals surface area contributed by atoms with Gasteiger partial charge in [0.05, 0.1) is 6.61 Å². The Morgan fingerprint density at radius 1 is 1.04 bits per heavy atom. The molecule has 0 aliphatic carbocycles. The van der Waals surface area contributed by atoms with Crippen LogP contribution in [-0.2, 0) is 16.0 Å². The van der Waals surface area contributed by atoms with Crippen LogP contribution in [0, 0.1) is 0 Å². The molecule has 4 heteroatoms. The first-order valence-corrected chi connectivity index (χ1v) is 9.77. The van der Waals surface area contributed by atoms with Gasteiger partial charge in [0.1, 0.15) is 6.04 Å². The Morgan fingerprint density at radius 3 is 2.40 bits per heavy atom. The molecule has 0 radical (unpaired) electrons. The second-order valence-electron chi connectivity index (χ2n) is 6.80. The predicted octanol–water partition coefficient (Wildman–Crippen LogP) is 4.42. The zero-order chi connectivity index (χ0) is 17.9. The zero-order valence-electron chi connectivity index (χ0n) is 15.4. The Morgan fingerprint density at radius 2 is 1.68 bits per heavy atom. The molecule has 0 fully saturated rings. The molecule has 0 unspecified atom stereocenters. The number of nitrogens with one attached hydrogen (secondary N) is 1. The monoisotopic (exact) mass is 345 g/mol. The lowest BCUT2D eigenvalue weighted by molar-refractivity contribution is -0.145. The van der Waals surface area contributed by atoms with Gasteiger partial charge in [0.15, 0.2) is 0 Å². The standard InChI is InChI=1S/C21H31NO3/c1-2-25-21(24)19-16-10-8-6-4-3-5-7-9-13-17-14-11-12-15-18(17)20(23)22-19/h11-12,14-15,19H,2-10,13,16H2,1H3,(H,22,23)/t19-/m0/s1. The Labute approximate surface area is 151 Å². The third-order valence-corrected chi connectivity index (χ3v) is 4.83. The number of aryl methyl sites for hydroxylation is 1. The third kappa shape index (κ3) is 6.52. The summed E-state index contributed by atoms with van der Waals surface area (Å²) < 4.78 is 5.15. The molecule has 0 spiro atoms. The first-order valence-electron chi connectivity index (χ1n) is 9.77. The first kappa shape index (κ1) is 19.5. The van der Waals surface area contributed by atoms with Crippen LogP contribution >= 0.6 is 0 Å². The fourth-order valence-electron chi connectivity index (χ4n) is 3.41. The van der Waals surface area contributed by atoms with E-state index in [1.807, 2.05) is 24.3 Å². The van der Waals surface area contributed by atoms with E-state index in [1.165, 1.54) is 32.1 Å². The summed E-state index contributed by atoms with van der Waals surface area (Å²) in [6, 6.07) is 7.18. The largest absolute Gasteiger partial charge is 0.464 e. The van der Waals surface area contributed by atoms with E-state index in [0.717, 1.165) is 31.2 Å². The van der Waals surface area contributed by atoms with Crippen molar-refractivity contribution in [2.24, 2.45) is 0 Å². The van der Waals surface area contributed by atoms with Crippen molar-refractivity contribution in [2.75, 3.05) is 6.61 Å². The minimum Gasteiger partial charge on any atom is -0.464 e. The lowest BCUT2D eigenvalue weighted by Gasteiger charge is -2.18. The van der Waals surface area contributed by atoms with Gasteiger partial charge in [0.25, 0.3) is 5.91 Å². The average molecular weight is 345 g/mol. The second kappa shape index (κ2) is 10.9. The molecule has 0 aromatic heterocycles. The van der Waals surface area contributed by atoms with Gasteiger partial charge in [-0.1, -0.05) is 63.1 Å². The number of carbonyl (C=O) groups excluding carboxylic acids is 2. The van der Waals surface area contributed by atoms with Crippen LogP contribution in [0.2, 0.25) is 0 Å². The molecular formula is C21H31NO3. The molecule has 2 rings (SSSR count). The molecule has 1 aliphatic heterocycles. The Kier molecular flexibility index (Phi) is 8.50. The summed E-state index contributed by atoms with van der Waals surface area (Å²) in [4.78, 5) is 25.0. The maximum absolute atomic E-state index is 12.7. The van der Waals surface area contributed by atoms with Gasteiger partial charge in [-0.05, 0) is 37.8 Å². The Balaban J connectivity index is 2.14. The number of hydrogen-bond acceptors (Lipinski definition) is 3. The molecule has 1 aromatic carbocycles. The molecular weight excluding hydrogens is 314 g/mol. The van der Waals surface area contributed by atoms with E-state index in [1.54, 1.807) is 6.92 Å². The predicted molar refractivity (Wildman–Crippen MR) is 99.6 cm³/mol. The molecule has 1 amide bonds. The fraction of sp³-hybridized carbons (Fsp3) is 0.619. The van der Waals surface area contributed by atoms with E-state index < -0.39 is 6.04 Å². The number of fused-ring (bicyclic) bond motifs is 1. The van der Waals surface area contributed by atoms with Gasteiger partial charge in [0.2, 0.25) is 0 Å². The van der Waals surface area contributed by atoms with Crippen molar-refractivity contribution in [2.45, 2.75) is 77.2 Å². The summed E-state index contributed by atoms with van der Waals surface area (Å²) in [5.41, 5.74) is 1.75. The highest BCUT2D eigenvalue weighted by molar-refractivity contribution is 5.98. The van der Waals surface area contributed by atoms with Crippen molar-refractivity contribution in [3.8, 4) is 0 Å². The average Bonchev–Trinajstić information content (AvgIpc) is 2.62. The van der Waals surface area contributed by atoms with Crippen LogP contribution in [0.15, 0.2) is 24.3 Å². The van der Waals surface area contributed by atoms with E-state index in [9.17, 15) is 9.59 Å². The van der Waals surface area contributed by atoms with Gasteiger partial charge in [-0.2, -0.15) is 0 Å². The van der Waals surface area contributed by atoms with Crippen molar-refractivity contribution in [3.05, 3.63) is 35.4 Å². The van der Waals surface area contributed by atoms with Gasteiger partial charge < -0.3 is 10.1 Å². The lowest BCUT2D eigenvalue weighted by Crippen LogP contribution is -2.42. The highest BCUT2D eigenvalue weighted by Gasteiger charge is 2.23. The van der Waals surface area contributed by atoms with Gasteiger partial charge in [-0.25, -0.2) is 4.79 Å². The maximum atomic E-state index is 12.7. The number of ether oxygens (including phenoxy) is 1. The summed E-state index contributed by atoms with van der Waals surface area (Å²) in [6.07, 6.45) is 10.9. The van der Waals surface area contributed by atoms with E-state index in [0.29, 0.717) is 18.6 Å². The van der Waals surface area contributed by atoms with Gasteiger partial charge >= 0.3 is 5.97 Å². The number of hydrogen-bond donors (Lipinski definition) is 1. The highest BCUT2D eigenvalue weighted by atomic mass is 16.5. The zero-order valence-corrected chi connectivity index (χ0v) is 15.4. The highest BCUT2D eigenvalue weighted by Crippen LogP contribution is 2.17. The summed E-state index contributed by atoms with van der Waals surface area (Å²) in [5, 5.41) is 2.91. The van der Waals surface area contributed by atoms with Crippen molar-refractivity contribution in [1.82, 2.24) is 5.32 Å². The fourth-order valence-corrected chi connectivity index (χ4v) is 3.41. The van der Waals surface area contributed by atoms with Crippen LogP contribution in [0.25, 0.3) is 0 Å². The van der Waals surface area contributed by atoms with Gasteiger partial charge in [0, 0.05) is 5.56 Å². The first-order chi connectivity index (χ1) is 12.2. The Hall–Kier alpha value is -1.84. The van der Waals surface area contributed by atoms with Crippen molar-refractivity contribution in [1.29, 1.82) is 0 Å². The normalized spacial score (nSPS) is 20.5. The van der Waals surface area contributed by atoms with Crippen LogP contribution < -0.4 is 5.32 Å². The lowest BCUT2D eigenvalue weighted by atomic mass is 9.99. The SMILES string of the molecule is CCOC(=O)[C@@H]1CCCCCCCCCCc2ccccc2C(=O)N1. The van der Waals surface area contributed by atoms with Crippen molar-refractivity contribution in [3.63, 3.8) is 0 Å². The third-order valence-electron chi connectivity index (χ3n) is 4.83. The van der Waals surface area contributed by atoms with E-state index in [-0.39, 0.29) is 11.9 Å². The molecule has 1 aromatic rings. The molecule has 0 saturated heterocycles.